The number of methoxy groups -OCH3 is 7. The number of aliphatic carboxylic acids is 1. The molecule has 0 saturated carbocycles. The van der Waals surface area contributed by atoms with Gasteiger partial charge in [0.25, 0.3) is 0 Å². The molecule has 11 unspecified atom stereocenters. The number of amidine groups is 2. The molecule has 36 heteroatoms. The van der Waals surface area contributed by atoms with Gasteiger partial charge in [0.2, 0.25) is 0 Å². The fourth-order valence-corrected chi connectivity index (χ4v) is 7.67. The first-order valence-electron chi connectivity index (χ1n) is 36.1. The molecule has 1 aromatic rings. The average molecular weight is 1610 g/mol. The van der Waals surface area contributed by atoms with Crippen LogP contribution in [0.25, 0.3) is 0 Å². The minimum absolute atomic E-state index is 0.00655. The fraction of sp³-hybridized carbons (Fsp3) is 0.720. The Bertz CT molecular complexity index is 2860. The van der Waals surface area contributed by atoms with Gasteiger partial charge >= 0.3 is 41.6 Å². The number of aliphatic hydroxyl groups is 4. The zero-order valence-electron chi connectivity index (χ0n) is 68.8. The number of esters is 5. The zero-order valence-corrected chi connectivity index (χ0v) is 68.8. The number of halogens is 6. The number of aliphatic imine (C=N–C) groups is 2. The van der Waals surface area contributed by atoms with E-state index in [2.05, 4.69) is 57.9 Å². The average Bonchev–Trinajstić information content (AvgIpc) is 1.74. The summed E-state index contributed by atoms with van der Waals surface area (Å²) in [6.07, 6.45) is 10.6. The first kappa shape index (κ1) is 117. The molecule has 0 amide bonds. The van der Waals surface area contributed by atoms with Gasteiger partial charge in [0, 0.05) is 38.9 Å². The first-order valence-corrected chi connectivity index (χ1v) is 36.1. The van der Waals surface area contributed by atoms with Crippen molar-refractivity contribution in [3.8, 4) is 0 Å². The van der Waals surface area contributed by atoms with Crippen molar-refractivity contribution in [3.05, 3.63) is 75.9 Å². The topological polar surface area (TPSA) is 455 Å². The second-order valence-corrected chi connectivity index (χ2v) is 25.2. The van der Waals surface area contributed by atoms with Gasteiger partial charge in [0.1, 0.15) is 18.9 Å². The van der Waals surface area contributed by atoms with Crippen LogP contribution in [-0.2, 0) is 83.0 Å². The number of hydrogen-bond acceptors (Lipinski definition) is 26. The van der Waals surface area contributed by atoms with Gasteiger partial charge in [0.05, 0.1) is 151 Å². The number of aromatic nitrogens is 2. The van der Waals surface area contributed by atoms with Gasteiger partial charge in [-0.25, -0.2) is 40.9 Å². The lowest BCUT2D eigenvalue weighted by Gasteiger charge is -2.17. The number of ether oxygens (including phenoxy) is 7. The SMILES string of the molecule is CC(N)=NCC=C(F)CCC(N)C(=O)O.CCOOCC=C(F)CCC(C)C(=O)OC.COC(=O)C(C)CCC(F)=CCN=C(C)N.COC(=O)C(C)CCC(F)=CCO.COC(=O)C(C)CCC=O.COC(=O)[C@@H](C)CCC(F)=CCn1c(C)noc1=O.COC(O)C(C)CCC(C)F.COC(O)C(C)CCC(C)O. The van der Waals surface area contributed by atoms with Gasteiger partial charge in [-0.1, -0.05) is 53.6 Å². The molecular weight excluding hydrogens is 1480 g/mol. The lowest BCUT2D eigenvalue weighted by Crippen LogP contribution is -2.29. The highest BCUT2D eigenvalue weighted by Gasteiger charge is 2.19. The van der Waals surface area contributed by atoms with Crippen LogP contribution in [0.4, 0.5) is 26.3 Å². The van der Waals surface area contributed by atoms with Gasteiger partial charge in [0.15, 0.2) is 18.4 Å². The number of rotatable bonds is 45. The number of nitrogens with zero attached hydrogens (tertiary/aromatic N) is 4. The third kappa shape index (κ3) is 76.1. The van der Waals surface area contributed by atoms with E-state index in [4.69, 9.17) is 47.5 Å². The van der Waals surface area contributed by atoms with Crippen molar-refractivity contribution < 1.29 is 133 Å². The van der Waals surface area contributed by atoms with Crippen molar-refractivity contribution in [3.63, 3.8) is 0 Å². The molecule has 1 rings (SSSR count). The van der Waals surface area contributed by atoms with Crippen molar-refractivity contribution in [1.82, 2.24) is 9.72 Å². The van der Waals surface area contributed by atoms with E-state index in [1.165, 1.54) is 85.6 Å². The maximum absolute atomic E-state index is 13.5. The van der Waals surface area contributed by atoms with E-state index >= 15 is 0 Å². The molecule has 0 fully saturated rings. The largest absolute Gasteiger partial charge is 0.480 e. The van der Waals surface area contributed by atoms with Crippen LogP contribution in [0.5, 0.6) is 0 Å². The van der Waals surface area contributed by atoms with Crippen molar-refractivity contribution in [2.45, 2.75) is 230 Å². The summed E-state index contributed by atoms with van der Waals surface area (Å²) in [7, 11) is 9.51. The Morgan fingerprint density at radius 2 is 0.874 bits per heavy atom. The fourth-order valence-electron chi connectivity index (χ4n) is 7.67. The molecule has 0 aliphatic heterocycles. The number of allylic oxidation sites excluding steroid dienone is 6. The maximum Gasteiger partial charge on any atom is 0.441 e. The molecule has 648 valence electrons. The molecule has 12 atom stereocenters. The monoisotopic (exact) mass is 1610 g/mol. The summed E-state index contributed by atoms with van der Waals surface area (Å²) in [6, 6.07) is -1.02. The van der Waals surface area contributed by atoms with Crippen LogP contribution in [0.3, 0.4) is 0 Å². The second kappa shape index (κ2) is 76.3. The summed E-state index contributed by atoms with van der Waals surface area (Å²) in [6.45, 7) is 22.8. The van der Waals surface area contributed by atoms with Gasteiger partial charge in [-0.05, 0) is 162 Å². The van der Waals surface area contributed by atoms with Gasteiger partial charge in [-0.3, -0.25) is 47.8 Å². The van der Waals surface area contributed by atoms with E-state index in [1.807, 2.05) is 13.8 Å². The standard InChI is InChI=1S/C12H17FN2O4.C11H19FN2O2.C11H19FO4.C9H16FN3O2.C9H15FO3.C8H17FO2.C8H18O3.C7H12O3/c1-8(11(16)18-3)4-5-10(13)6-7-15-9(2)14-19-12(15)17;1-8(11(15)16-3)4-5-10(12)6-7-14-9(2)13;1-4-15-16-8-7-10(12)6-5-9(2)11(13)14-3;1-6(11)13-5-4-7(10)2-3-8(12)9(14)15;1-7(9(12)13-2)3-4-8(10)5-6-11;2*1-6(8(10)11-3)4-5-7(2)9;1-6(4-3-5-8)7(9)10-2/h6,8H,4-5,7H2,1-3H3;6,8H,4-5,7H2,1-3H3,(H2,13,14);7,9H,4-6,8H2,1-3H3;4,8H,2-3,5,12H2,1H3,(H2,11,13)(H,14,15);5,7,11H,3-4,6H2,1-2H3;6-8,10H,4-5H2,1-3H3;6-10H,4-5H2,1-3H3;5-6H,3-4H2,1-2H3/t8-;;;;;;;/m0......./s1. The number of aryl methyl sites for hydroxylation is 1. The van der Waals surface area contributed by atoms with Crippen molar-refractivity contribution >= 4 is 53.8 Å². The van der Waals surface area contributed by atoms with Crippen LogP contribution >= 0.6 is 0 Å². The minimum atomic E-state index is -1.13. The van der Waals surface area contributed by atoms with Crippen LogP contribution < -0.4 is 23.0 Å². The highest BCUT2D eigenvalue weighted by molar-refractivity contribution is 5.78. The molecule has 0 spiro atoms. The van der Waals surface area contributed by atoms with Gasteiger partial charge in [-0.2, -0.15) is 0 Å². The third-order valence-corrected chi connectivity index (χ3v) is 15.1. The van der Waals surface area contributed by atoms with E-state index < -0.39 is 48.2 Å². The summed E-state index contributed by atoms with van der Waals surface area (Å²) < 4.78 is 115. The maximum atomic E-state index is 13.5. The number of carboxylic acids is 1. The molecule has 0 aromatic carbocycles. The Labute approximate surface area is 651 Å². The van der Waals surface area contributed by atoms with E-state index in [0.717, 1.165) is 18.8 Å². The highest BCUT2D eigenvalue weighted by Crippen LogP contribution is 2.19. The van der Waals surface area contributed by atoms with Gasteiger partial charge < -0.3 is 80.7 Å². The summed E-state index contributed by atoms with van der Waals surface area (Å²) in [5, 5.41) is 47.4. The molecule has 11 N–H and O–H groups in total. The summed E-state index contributed by atoms with van der Waals surface area (Å²) in [5.74, 6) is -5.22. The van der Waals surface area contributed by atoms with Crippen molar-refractivity contribution in [1.29, 1.82) is 0 Å². The van der Waals surface area contributed by atoms with Gasteiger partial charge in [-0.15, -0.1) is 0 Å². The number of hydrogen-bond donors (Lipinski definition) is 8. The van der Waals surface area contributed by atoms with E-state index in [1.54, 1.807) is 69.2 Å². The normalized spacial score (nSPS) is 15.0. The molecule has 0 aliphatic carbocycles. The van der Waals surface area contributed by atoms with Crippen molar-refractivity contribution in [2.24, 2.45) is 68.6 Å². The summed E-state index contributed by atoms with van der Waals surface area (Å²) in [5.41, 5.74) is 15.7. The number of aliphatic hydroxyl groups excluding tert-OH is 4. The quantitative estimate of drug-likeness (QED) is 0.00287. The molecule has 0 aliphatic rings. The van der Waals surface area contributed by atoms with Crippen LogP contribution in [0.2, 0.25) is 0 Å². The molecular formula is C75H133F6N7O23. The second-order valence-electron chi connectivity index (χ2n) is 25.2. The third-order valence-electron chi connectivity index (χ3n) is 15.1. The molecule has 30 nitrogen and oxygen atoms in total. The molecule has 1 heterocycles. The van der Waals surface area contributed by atoms with E-state index in [0.29, 0.717) is 81.9 Å². The van der Waals surface area contributed by atoms with Crippen LogP contribution in [0, 0.1) is 48.3 Å². The van der Waals surface area contributed by atoms with Crippen LogP contribution in [0.15, 0.2) is 78.8 Å². The number of carbonyl (C=O) groups excluding carboxylic acids is 6. The smallest absolute Gasteiger partial charge is 0.441 e. The minimum Gasteiger partial charge on any atom is -0.480 e. The Kier molecular flexibility index (Phi) is 80.1. The molecule has 0 saturated heterocycles. The molecule has 0 bridgehead atoms. The summed E-state index contributed by atoms with van der Waals surface area (Å²) in [4.78, 5) is 103. The predicted molar refractivity (Wildman–Crippen MR) is 409 cm³/mol. The molecule has 0 radical (unpaired) electrons. The Balaban J connectivity index is -0.000000225. The lowest BCUT2D eigenvalue weighted by molar-refractivity contribution is -0.282. The first-order chi connectivity index (χ1) is 51.9. The number of carbonyl (C=O) groups is 7. The Morgan fingerprint density at radius 3 is 1.17 bits per heavy atom. The predicted octanol–water partition coefficient (Wildman–Crippen LogP) is 10.9. The molecule has 1 aromatic heterocycles. The lowest BCUT2D eigenvalue weighted by atomic mass is 10.0. The number of alkyl halides is 1. The molecule has 111 heavy (non-hydrogen) atoms. The number of carboxylic acid groups (broad SMARTS) is 1. The van der Waals surface area contributed by atoms with E-state index in [9.17, 15) is 64.7 Å². The van der Waals surface area contributed by atoms with Crippen LogP contribution in [0.1, 0.15) is 192 Å². The van der Waals surface area contributed by atoms with Crippen molar-refractivity contribution in [2.75, 3.05) is 82.7 Å². The zero-order chi connectivity index (χ0) is 87.2. The summed E-state index contributed by atoms with van der Waals surface area (Å²) >= 11 is 0. The Hall–Kier alpha value is -7.71. The van der Waals surface area contributed by atoms with E-state index in [-0.39, 0.29) is 166 Å². The number of aldehydes is 1. The number of nitrogens with two attached hydrogens (primary N) is 3. The highest BCUT2D eigenvalue weighted by atomic mass is 19.2. The van der Waals surface area contributed by atoms with Crippen LogP contribution in [-0.4, -0.2) is 203 Å². The Morgan fingerprint density at radius 1 is 0.532 bits per heavy atom.